The second-order valence-electron chi connectivity index (χ2n) is 7.24. The minimum Gasteiger partial charge on any atom is -0.306 e. The summed E-state index contributed by atoms with van der Waals surface area (Å²) in [5.74, 6) is 0.520. The maximum absolute atomic E-state index is 12.9. The van der Waals surface area contributed by atoms with Gasteiger partial charge in [0.25, 0.3) is 11.5 Å². The molecule has 0 aliphatic heterocycles. The summed E-state index contributed by atoms with van der Waals surface area (Å²) in [6.45, 7) is 1.89. The van der Waals surface area contributed by atoms with Crippen LogP contribution in [0.3, 0.4) is 0 Å². The number of nitrogens with one attached hydrogen (secondary N) is 2. The Kier molecular flexibility index (Phi) is 4.55. The van der Waals surface area contributed by atoms with Gasteiger partial charge in [-0.1, -0.05) is 24.3 Å². The molecule has 0 radical (unpaired) electrons. The summed E-state index contributed by atoms with van der Waals surface area (Å²) < 4.78 is 1.51. The van der Waals surface area contributed by atoms with Crippen LogP contribution in [0.5, 0.6) is 0 Å². The molecule has 150 valence electrons. The van der Waals surface area contributed by atoms with Crippen LogP contribution in [0, 0.1) is 6.92 Å². The van der Waals surface area contributed by atoms with Crippen LogP contribution in [-0.4, -0.2) is 25.7 Å². The molecule has 5 rings (SSSR count). The quantitative estimate of drug-likeness (QED) is 0.529. The highest BCUT2D eigenvalue weighted by Crippen LogP contribution is 2.28. The van der Waals surface area contributed by atoms with Crippen LogP contribution in [0.4, 0.5) is 5.82 Å². The summed E-state index contributed by atoms with van der Waals surface area (Å²) in [5, 5.41) is 9.55. The van der Waals surface area contributed by atoms with Gasteiger partial charge in [-0.2, -0.15) is 9.78 Å². The molecule has 8 heteroatoms. The van der Waals surface area contributed by atoms with E-state index in [1.807, 2.05) is 42.6 Å². The number of hydrogen-bond donors (Lipinski definition) is 2. The van der Waals surface area contributed by atoms with E-state index in [0.717, 1.165) is 41.0 Å². The van der Waals surface area contributed by atoms with E-state index >= 15 is 0 Å². The number of nitrogens with zero attached hydrogens (tertiary/aromatic N) is 3. The molecule has 0 saturated heterocycles. The lowest BCUT2D eigenvalue weighted by Gasteiger charge is -2.10. The van der Waals surface area contributed by atoms with Crippen molar-refractivity contribution >= 4 is 23.1 Å². The van der Waals surface area contributed by atoms with Gasteiger partial charge >= 0.3 is 0 Å². The van der Waals surface area contributed by atoms with E-state index in [9.17, 15) is 9.59 Å². The van der Waals surface area contributed by atoms with Crippen molar-refractivity contribution in [1.82, 2.24) is 19.7 Å². The fourth-order valence-corrected chi connectivity index (χ4v) is 4.40. The van der Waals surface area contributed by atoms with E-state index in [4.69, 9.17) is 0 Å². The van der Waals surface area contributed by atoms with E-state index in [-0.39, 0.29) is 11.5 Å². The number of aryl methyl sites for hydroxylation is 2. The first-order valence-electron chi connectivity index (χ1n) is 9.73. The van der Waals surface area contributed by atoms with Gasteiger partial charge in [-0.05, 0) is 49.3 Å². The van der Waals surface area contributed by atoms with Crippen molar-refractivity contribution in [2.75, 3.05) is 5.32 Å². The maximum atomic E-state index is 12.9. The van der Waals surface area contributed by atoms with Crippen molar-refractivity contribution in [2.45, 2.75) is 26.2 Å². The number of fused-ring (bicyclic) bond motifs is 1. The molecule has 7 nitrogen and oxygen atoms in total. The molecule has 3 heterocycles. The second-order valence-corrected chi connectivity index (χ2v) is 8.19. The van der Waals surface area contributed by atoms with Crippen LogP contribution in [-0.2, 0) is 12.8 Å². The summed E-state index contributed by atoms with van der Waals surface area (Å²) in [7, 11) is 0. The molecule has 4 aromatic rings. The fraction of sp³-hybridized carbons (Fsp3) is 0.182. The van der Waals surface area contributed by atoms with Gasteiger partial charge < -0.3 is 5.32 Å². The highest BCUT2D eigenvalue weighted by Gasteiger charge is 2.21. The van der Waals surface area contributed by atoms with E-state index in [1.54, 1.807) is 23.5 Å². The Morgan fingerprint density at radius 1 is 1.20 bits per heavy atom. The highest BCUT2D eigenvalue weighted by atomic mass is 32.1. The lowest BCUT2D eigenvalue weighted by molar-refractivity contribution is 0.102. The molecule has 0 spiro atoms. The normalized spacial score (nSPS) is 12.7. The average Bonchev–Trinajstić information content (AvgIpc) is 3.48. The topological polar surface area (TPSA) is 92.7 Å². The lowest BCUT2D eigenvalue weighted by Crippen LogP contribution is -2.21. The third-order valence-corrected chi connectivity index (χ3v) is 6.14. The summed E-state index contributed by atoms with van der Waals surface area (Å²) in [6, 6.07) is 13.1. The molecular weight excluding hydrogens is 398 g/mol. The molecule has 1 aliphatic rings. The molecule has 30 heavy (non-hydrogen) atoms. The number of H-pyrrole nitrogens is 1. The summed E-state index contributed by atoms with van der Waals surface area (Å²) in [6.07, 6.45) is 2.44. The predicted octanol–water partition coefficient (Wildman–Crippen LogP) is 3.73. The predicted molar refractivity (Wildman–Crippen MR) is 116 cm³/mol. The van der Waals surface area contributed by atoms with Crippen molar-refractivity contribution in [3.05, 3.63) is 80.6 Å². The summed E-state index contributed by atoms with van der Waals surface area (Å²) >= 11 is 1.55. The second kappa shape index (κ2) is 7.38. The Bertz CT molecular complexity index is 1300. The minimum absolute atomic E-state index is 0.142. The van der Waals surface area contributed by atoms with Gasteiger partial charge in [-0.3, -0.25) is 14.6 Å². The van der Waals surface area contributed by atoms with Crippen LogP contribution >= 0.6 is 11.3 Å². The van der Waals surface area contributed by atoms with Gasteiger partial charge in [0.15, 0.2) is 0 Å². The number of thiophene rings is 1. The fourth-order valence-electron chi connectivity index (χ4n) is 3.72. The van der Waals surface area contributed by atoms with E-state index in [1.165, 1.54) is 4.68 Å². The largest absolute Gasteiger partial charge is 0.306 e. The Morgan fingerprint density at radius 2 is 2.07 bits per heavy atom. The maximum Gasteiger partial charge on any atom is 0.257 e. The van der Waals surface area contributed by atoms with Crippen molar-refractivity contribution in [2.24, 2.45) is 0 Å². The Balaban J connectivity index is 1.60. The molecule has 0 atom stereocenters. The monoisotopic (exact) mass is 417 g/mol. The zero-order valence-electron chi connectivity index (χ0n) is 16.3. The first-order chi connectivity index (χ1) is 14.6. The SMILES string of the molecule is Cc1ccccc1C(=O)Nc1cc(-c2cccs2)nn1-c1nc2c(c(=O)[nH]1)CCC2. The minimum atomic E-state index is -0.240. The van der Waals surface area contributed by atoms with Crippen LogP contribution in [0.2, 0.25) is 0 Å². The number of aromatic amines is 1. The zero-order valence-corrected chi connectivity index (χ0v) is 17.1. The highest BCUT2D eigenvalue weighted by molar-refractivity contribution is 7.13. The van der Waals surface area contributed by atoms with Gasteiger partial charge in [-0.25, -0.2) is 4.98 Å². The standard InChI is InChI=1S/C22H19N5O2S/c1-13-6-2-3-7-14(13)20(28)24-19-12-17(18-10-5-11-30-18)26-27(19)22-23-16-9-4-8-15(16)21(29)25-22/h2-3,5-7,10-12H,4,8-9H2,1H3,(H,24,28)(H,23,25,29). The Labute approximate surface area is 176 Å². The third-order valence-electron chi connectivity index (χ3n) is 5.24. The molecular formula is C22H19N5O2S. The summed E-state index contributed by atoms with van der Waals surface area (Å²) in [5.41, 5.74) is 3.57. The lowest BCUT2D eigenvalue weighted by atomic mass is 10.1. The number of hydrogen-bond acceptors (Lipinski definition) is 5. The number of carbonyl (C=O) groups is 1. The Hall–Kier alpha value is -3.52. The molecule has 1 aromatic carbocycles. The molecule has 2 N–H and O–H groups in total. The number of aromatic nitrogens is 4. The molecule has 1 aliphatic carbocycles. The number of benzene rings is 1. The van der Waals surface area contributed by atoms with Gasteiger partial charge in [0, 0.05) is 17.2 Å². The number of amides is 1. The van der Waals surface area contributed by atoms with Crippen LogP contribution in [0.15, 0.2) is 52.6 Å². The zero-order chi connectivity index (χ0) is 20.7. The Morgan fingerprint density at radius 3 is 2.87 bits per heavy atom. The number of carbonyl (C=O) groups excluding carboxylic acids is 1. The van der Waals surface area contributed by atoms with Crippen LogP contribution in [0.1, 0.15) is 33.6 Å². The van der Waals surface area contributed by atoms with Crippen LogP contribution < -0.4 is 10.9 Å². The molecule has 3 aromatic heterocycles. The van der Waals surface area contributed by atoms with E-state index in [0.29, 0.717) is 23.0 Å². The first kappa shape index (κ1) is 18.5. The van der Waals surface area contributed by atoms with Crippen LogP contribution in [0.25, 0.3) is 16.5 Å². The smallest absolute Gasteiger partial charge is 0.257 e. The van der Waals surface area contributed by atoms with Crippen molar-refractivity contribution < 1.29 is 4.79 Å². The summed E-state index contributed by atoms with van der Waals surface area (Å²) in [4.78, 5) is 33.9. The molecule has 0 bridgehead atoms. The van der Waals surface area contributed by atoms with Crippen molar-refractivity contribution in [1.29, 1.82) is 0 Å². The molecule has 1 amide bonds. The van der Waals surface area contributed by atoms with E-state index in [2.05, 4.69) is 20.4 Å². The van der Waals surface area contributed by atoms with Gasteiger partial charge in [0.05, 0.1) is 10.6 Å². The van der Waals surface area contributed by atoms with Crippen molar-refractivity contribution in [3.63, 3.8) is 0 Å². The number of anilines is 1. The molecule has 0 saturated carbocycles. The first-order valence-corrected chi connectivity index (χ1v) is 10.6. The van der Waals surface area contributed by atoms with E-state index < -0.39 is 0 Å². The van der Waals surface area contributed by atoms with Gasteiger partial charge in [0.1, 0.15) is 11.5 Å². The van der Waals surface area contributed by atoms with Gasteiger partial charge in [-0.15, -0.1) is 11.3 Å². The third kappa shape index (κ3) is 3.25. The van der Waals surface area contributed by atoms with Crippen molar-refractivity contribution in [3.8, 4) is 16.5 Å². The van der Waals surface area contributed by atoms with Gasteiger partial charge in [0.2, 0.25) is 5.95 Å². The average molecular weight is 417 g/mol. The molecule has 0 unspecified atom stereocenters. The molecule has 0 fully saturated rings. The number of rotatable bonds is 4.